The minimum Gasteiger partial charge on any atom is -0.389 e. The SMILES string of the molecule is CC(C)(O)Cn1cc(C(=O)Nc2ccc(C3=C4C=CC=CC4C(=O)N=N3)cc2)cn1. The van der Waals surface area contributed by atoms with E-state index >= 15 is 0 Å². The van der Waals surface area contributed by atoms with Crippen LogP contribution >= 0.6 is 0 Å². The van der Waals surface area contributed by atoms with Crippen molar-refractivity contribution in [2.24, 2.45) is 16.1 Å². The highest BCUT2D eigenvalue weighted by Gasteiger charge is 2.27. The number of fused-ring (bicyclic) bond motifs is 1. The van der Waals surface area contributed by atoms with Gasteiger partial charge in [0.25, 0.3) is 11.8 Å². The fraction of sp³-hybridized carbons (Fsp3) is 0.227. The molecule has 1 atom stereocenters. The molecule has 1 aromatic heterocycles. The molecule has 1 aliphatic carbocycles. The second-order valence-corrected chi connectivity index (χ2v) is 7.83. The summed E-state index contributed by atoms with van der Waals surface area (Å²) in [7, 11) is 0. The molecule has 0 spiro atoms. The third kappa shape index (κ3) is 4.18. The monoisotopic (exact) mass is 403 g/mol. The molecule has 1 unspecified atom stereocenters. The molecule has 0 saturated carbocycles. The van der Waals surface area contributed by atoms with Crippen LogP contribution in [0.15, 0.2) is 76.8 Å². The lowest BCUT2D eigenvalue weighted by Gasteiger charge is -2.19. The number of azo groups is 1. The lowest BCUT2D eigenvalue weighted by atomic mass is 9.89. The van der Waals surface area contributed by atoms with Gasteiger partial charge in [0.2, 0.25) is 0 Å². The highest BCUT2D eigenvalue weighted by Crippen LogP contribution is 2.34. The number of amides is 2. The molecule has 152 valence electrons. The quantitative estimate of drug-likeness (QED) is 0.798. The number of hydrogen-bond acceptors (Lipinski definition) is 5. The first kappa shape index (κ1) is 19.7. The van der Waals surface area contributed by atoms with Crippen molar-refractivity contribution in [2.75, 3.05) is 5.32 Å². The van der Waals surface area contributed by atoms with E-state index in [-0.39, 0.29) is 18.4 Å². The Balaban J connectivity index is 1.49. The van der Waals surface area contributed by atoms with Gasteiger partial charge in [0.15, 0.2) is 0 Å². The van der Waals surface area contributed by atoms with Gasteiger partial charge in [-0.2, -0.15) is 5.10 Å². The van der Waals surface area contributed by atoms with E-state index in [4.69, 9.17) is 0 Å². The van der Waals surface area contributed by atoms with Crippen molar-refractivity contribution < 1.29 is 14.7 Å². The number of carbonyl (C=O) groups is 2. The van der Waals surface area contributed by atoms with Gasteiger partial charge < -0.3 is 10.4 Å². The van der Waals surface area contributed by atoms with Crippen LogP contribution in [0.3, 0.4) is 0 Å². The molecule has 2 heterocycles. The maximum atomic E-state index is 12.5. The first-order valence-electron chi connectivity index (χ1n) is 9.51. The lowest BCUT2D eigenvalue weighted by Crippen LogP contribution is -2.26. The van der Waals surface area contributed by atoms with Gasteiger partial charge in [-0.3, -0.25) is 14.3 Å². The molecule has 30 heavy (non-hydrogen) atoms. The van der Waals surface area contributed by atoms with Crippen molar-refractivity contribution in [2.45, 2.75) is 26.0 Å². The van der Waals surface area contributed by atoms with Crippen LogP contribution in [-0.2, 0) is 11.3 Å². The molecule has 1 aliphatic heterocycles. The van der Waals surface area contributed by atoms with E-state index in [1.54, 1.807) is 32.2 Å². The Hall–Kier alpha value is -3.65. The molecule has 0 radical (unpaired) electrons. The summed E-state index contributed by atoms with van der Waals surface area (Å²) in [5.74, 6) is -0.971. The molecule has 8 nitrogen and oxygen atoms in total. The summed E-state index contributed by atoms with van der Waals surface area (Å²) in [4.78, 5) is 24.4. The number of aliphatic hydroxyl groups is 1. The number of allylic oxidation sites excluding steroid dienone is 3. The maximum Gasteiger partial charge on any atom is 0.276 e. The summed E-state index contributed by atoms with van der Waals surface area (Å²) < 4.78 is 1.53. The van der Waals surface area contributed by atoms with Crippen LogP contribution in [0.4, 0.5) is 5.69 Å². The smallest absolute Gasteiger partial charge is 0.276 e. The lowest BCUT2D eigenvalue weighted by molar-refractivity contribution is -0.119. The molecule has 2 N–H and O–H groups in total. The second-order valence-electron chi connectivity index (χ2n) is 7.83. The minimum atomic E-state index is -0.922. The van der Waals surface area contributed by atoms with Crippen molar-refractivity contribution in [1.82, 2.24) is 9.78 Å². The Kier molecular flexibility index (Phi) is 5.01. The molecule has 8 heteroatoms. The molecule has 2 aliphatic rings. The normalized spacial score (nSPS) is 18.0. The fourth-order valence-electron chi connectivity index (χ4n) is 3.31. The minimum absolute atomic E-state index is 0.275. The fourth-order valence-corrected chi connectivity index (χ4v) is 3.31. The van der Waals surface area contributed by atoms with E-state index in [9.17, 15) is 14.7 Å². The number of rotatable bonds is 5. The first-order chi connectivity index (χ1) is 14.3. The largest absolute Gasteiger partial charge is 0.389 e. The van der Waals surface area contributed by atoms with Gasteiger partial charge in [-0.25, -0.2) is 0 Å². The zero-order chi connectivity index (χ0) is 21.3. The molecule has 0 fully saturated rings. The van der Waals surface area contributed by atoms with Crippen molar-refractivity contribution in [3.8, 4) is 0 Å². The maximum absolute atomic E-state index is 12.5. The predicted molar refractivity (Wildman–Crippen MR) is 111 cm³/mol. The highest BCUT2D eigenvalue weighted by atomic mass is 16.3. The van der Waals surface area contributed by atoms with E-state index in [0.29, 0.717) is 16.9 Å². The summed E-state index contributed by atoms with van der Waals surface area (Å²) in [6.45, 7) is 3.64. The average Bonchev–Trinajstić information content (AvgIpc) is 3.16. The van der Waals surface area contributed by atoms with Crippen molar-refractivity contribution in [3.05, 3.63) is 77.7 Å². The Bertz CT molecular complexity index is 1110. The van der Waals surface area contributed by atoms with E-state index in [0.717, 1.165) is 11.1 Å². The number of nitrogens with zero attached hydrogens (tertiary/aromatic N) is 4. The van der Waals surface area contributed by atoms with Crippen molar-refractivity contribution in [1.29, 1.82) is 0 Å². The van der Waals surface area contributed by atoms with Crippen LogP contribution in [0.2, 0.25) is 0 Å². The number of benzene rings is 1. The zero-order valence-electron chi connectivity index (χ0n) is 16.6. The Morgan fingerprint density at radius 3 is 2.70 bits per heavy atom. The molecule has 1 aromatic carbocycles. The van der Waals surface area contributed by atoms with Crippen LogP contribution in [0.5, 0.6) is 0 Å². The highest BCUT2D eigenvalue weighted by molar-refractivity contribution is 6.04. The van der Waals surface area contributed by atoms with Crippen LogP contribution in [0.1, 0.15) is 29.8 Å². The molecule has 0 bridgehead atoms. The summed E-state index contributed by atoms with van der Waals surface area (Å²) in [5.41, 5.74) is 2.36. The number of carbonyl (C=O) groups excluding carboxylic acids is 2. The van der Waals surface area contributed by atoms with Gasteiger partial charge in [-0.15, -0.1) is 10.2 Å². The summed E-state index contributed by atoms with van der Waals surface area (Å²) >= 11 is 0. The topological polar surface area (TPSA) is 109 Å². The van der Waals surface area contributed by atoms with Gasteiger partial charge in [0, 0.05) is 17.4 Å². The van der Waals surface area contributed by atoms with Gasteiger partial charge in [-0.1, -0.05) is 36.4 Å². The standard InChI is InChI=1S/C22H21N5O3/c1-22(2,30)13-27-12-15(11-23-27)20(28)24-16-9-7-14(8-10-16)19-17-5-3-4-6-18(17)21(29)26-25-19/h3-12,18,30H,13H2,1-2H3,(H,24,28). The van der Waals surface area contributed by atoms with Gasteiger partial charge >= 0.3 is 0 Å². The molecule has 2 amide bonds. The summed E-state index contributed by atoms with van der Waals surface area (Å²) in [5, 5.41) is 24.6. The third-order valence-electron chi connectivity index (χ3n) is 4.67. The molecule has 0 saturated heterocycles. The first-order valence-corrected chi connectivity index (χ1v) is 9.51. The van der Waals surface area contributed by atoms with Crippen LogP contribution in [0.25, 0.3) is 5.70 Å². The Morgan fingerprint density at radius 2 is 1.97 bits per heavy atom. The van der Waals surface area contributed by atoms with Crippen molar-refractivity contribution in [3.63, 3.8) is 0 Å². The van der Waals surface area contributed by atoms with Gasteiger partial charge in [-0.05, 0) is 31.6 Å². The number of nitrogens with one attached hydrogen (secondary N) is 1. The number of hydrogen-bond donors (Lipinski definition) is 2. The van der Waals surface area contributed by atoms with E-state index < -0.39 is 11.5 Å². The Labute approximate surface area is 173 Å². The number of anilines is 1. The molecular formula is C22H21N5O3. The molecule has 4 rings (SSSR count). The predicted octanol–water partition coefficient (Wildman–Crippen LogP) is 3.35. The van der Waals surface area contributed by atoms with Crippen molar-refractivity contribution >= 4 is 23.2 Å². The molecular weight excluding hydrogens is 382 g/mol. The van der Waals surface area contributed by atoms with Crippen LogP contribution in [-0.4, -0.2) is 32.3 Å². The summed E-state index contributed by atoms with van der Waals surface area (Å²) in [6.07, 6.45) is 10.4. The third-order valence-corrected chi connectivity index (χ3v) is 4.67. The van der Waals surface area contributed by atoms with Crippen LogP contribution in [0, 0.1) is 5.92 Å². The van der Waals surface area contributed by atoms with Gasteiger partial charge in [0.05, 0.1) is 35.5 Å². The van der Waals surface area contributed by atoms with E-state index in [2.05, 4.69) is 20.6 Å². The van der Waals surface area contributed by atoms with Gasteiger partial charge in [0.1, 0.15) is 0 Å². The average molecular weight is 403 g/mol. The second kappa shape index (κ2) is 7.64. The number of aromatic nitrogens is 2. The zero-order valence-corrected chi connectivity index (χ0v) is 16.6. The van der Waals surface area contributed by atoms with E-state index in [1.807, 2.05) is 36.4 Å². The molecule has 2 aromatic rings. The Morgan fingerprint density at radius 1 is 1.20 bits per heavy atom. The van der Waals surface area contributed by atoms with Crippen LogP contribution < -0.4 is 5.32 Å². The van der Waals surface area contributed by atoms with E-state index in [1.165, 1.54) is 10.9 Å². The summed E-state index contributed by atoms with van der Waals surface area (Å²) in [6, 6.07) is 7.19.